The van der Waals surface area contributed by atoms with E-state index in [9.17, 15) is 4.39 Å². The van der Waals surface area contributed by atoms with Gasteiger partial charge in [0.25, 0.3) is 0 Å². The minimum atomic E-state index is -0.265. The highest BCUT2D eigenvalue weighted by Crippen LogP contribution is 2.23. The van der Waals surface area contributed by atoms with Crippen LogP contribution in [-0.4, -0.2) is 19.2 Å². The molecule has 0 saturated heterocycles. The van der Waals surface area contributed by atoms with E-state index in [1.165, 1.54) is 6.07 Å². The van der Waals surface area contributed by atoms with Crippen LogP contribution >= 0.6 is 15.9 Å². The third-order valence-electron chi connectivity index (χ3n) is 2.62. The summed E-state index contributed by atoms with van der Waals surface area (Å²) >= 11 is 3.15. The van der Waals surface area contributed by atoms with E-state index in [1.54, 1.807) is 12.1 Å². The van der Waals surface area contributed by atoms with Crippen molar-refractivity contribution in [1.29, 1.82) is 0 Å². The summed E-state index contributed by atoms with van der Waals surface area (Å²) in [6.45, 7) is 6.29. The van der Waals surface area contributed by atoms with E-state index >= 15 is 0 Å². The molecule has 18 heavy (non-hydrogen) atoms. The summed E-state index contributed by atoms with van der Waals surface area (Å²) in [6, 6.07) is 4.74. The normalized spacial score (nSPS) is 12.4. The summed E-state index contributed by atoms with van der Waals surface area (Å²) < 4.78 is 19.2. The van der Waals surface area contributed by atoms with Gasteiger partial charge in [-0.1, -0.05) is 6.92 Å². The highest BCUT2D eigenvalue weighted by Gasteiger charge is 2.06. The molecule has 0 fully saturated rings. The van der Waals surface area contributed by atoms with Crippen LogP contribution in [-0.2, 0) is 0 Å². The number of benzene rings is 1. The first kappa shape index (κ1) is 15.4. The fraction of sp³-hybridized carbons (Fsp3) is 0.571. The molecule has 4 heteroatoms. The van der Waals surface area contributed by atoms with Crippen LogP contribution in [0.2, 0.25) is 0 Å². The van der Waals surface area contributed by atoms with Gasteiger partial charge in [-0.05, 0) is 73.4 Å². The lowest BCUT2D eigenvalue weighted by molar-refractivity contribution is 0.207. The smallest absolute Gasteiger partial charge is 0.137 e. The van der Waals surface area contributed by atoms with E-state index in [1.807, 2.05) is 6.92 Å². The summed E-state index contributed by atoms with van der Waals surface area (Å²) in [7, 11) is 0. The Morgan fingerprint density at radius 2 is 2.17 bits per heavy atom. The van der Waals surface area contributed by atoms with Crippen molar-refractivity contribution < 1.29 is 9.13 Å². The van der Waals surface area contributed by atoms with Gasteiger partial charge in [-0.3, -0.25) is 0 Å². The molecule has 0 radical (unpaired) electrons. The second-order valence-corrected chi connectivity index (χ2v) is 5.25. The number of nitrogens with one attached hydrogen (secondary N) is 1. The molecule has 0 aromatic heterocycles. The largest absolute Gasteiger partial charge is 0.491 e. The Hall–Kier alpha value is -0.610. The lowest BCUT2D eigenvalue weighted by Crippen LogP contribution is -2.19. The van der Waals surface area contributed by atoms with Crippen LogP contribution < -0.4 is 10.1 Å². The minimum absolute atomic E-state index is 0.144. The lowest BCUT2D eigenvalue weighted by Gasteiger charge is -2.15. The van der Waals surface area contributed by atoms with Crippen LogP contribution in [0, 0.1) is 5.82 Å². The summed E-state index contributed by atoms with van der Waals surface area (Å²) in [5.74, 6) is 0.441. The van der Waals surface area contributed by atoms with E-state index in [2.05, 4.69) is 28.2 Å². The molecule has 0 heterocycles. The van der Waals surface area contributed by atoms with Crippen molar-refractivity contribution in [3.8, 4) is 5.75 Å². The Morgan fingerprint density at radius 1 is 1.39 bits per heavy atom. The van der Waals surface area contributed by atoms with Gasteiger partial charge in [-0.2, -0.15) is 0 Å². The molecule has 0 amide bonds. The zero-order valence-corrected chi connectivity index (χ0v) is 12.6. The molecular formula is C14H21BrFNO. The molecule has 0 bridgehead atoms. The van der Waals surface area contributed by atoms with Gasteiger partial charge in [-0.15, -0.1) is 0 Å². The van der Waals surface area contributed by atoms with Crippen molar-refractivity contribution >= 4 is 15.9 Å². The Bertz CT molecular complexity index is 360. The molecule has 0 aliphatic carbocycles. The minimum Gasteiger partial charge on any atom is -0.491 e. The number of hydrogen-bond donors (Lipinski definition) is 1. The molecule has 2 nitrogen and oxygen atoms in total. The molecule has 1 aromatic rings. The predicted octanol–water partition coefficient (Wildman–Crippen LogP) is 4.14. The van der Waals surface area contributed by atoms with Crippen LogP contribution in [0.5, 0.6) is 5.75 Å². The fourth-order valence-electron chi connectivity index (χ4n) is 1.66. The van der Waals surface area contributed by atoms with E-state index in [0.29, 0.717) is 10.2 Å². The van der Waals surface area contributed by atoms with E-state index in [-0.39, 0.29) is 11.9 Å². The van der Waals surface area contributed by atoms with Crippen LogP contribution in [0.1, 0.15) is 33.1 Å². The molecule has 0 saturated carbocycles. The fourth-order valence-corrected chi connectivity index (χ4v) is 2.02. The summed E-state index contributed by atoms with van der Waals surface area (Å²) in [6.07, 6.45) is 3.39. The van der Waals surface area contributed by atoms with Gasteiger partial charge in [0.15, 0.2) is 0 Å². The Balaban J connectivity index is 2.26. The average molecular weight is 318 g/mol. The zero-order chi connectivity index (χ0) is 13.4. The third-order valence-corrected chi connectivity index (χ3v) is 3.23. The van der Waals surface area contributed by atoms with E-state index in [4.69, 9.17) is 4.74 Å². The SMILES string of the molecule is CCCNCCCC(C)Oc1ccc(F)c(Br)c1. The van der Waals surface area contributed by atoms with Crippen molar-refractivity contribution in [2.24, 2.45) is 0 Å². The third kappa shape index (κ3) is 5.83. The van der Waals surface area contributed by atoms with Gasteiger partial charge >= 0.3 is 0 Å². The predicted molar refractivity (Wildman–Crippen MR) is 76.6 cm³/mol. The Kier molecular flexibility index (Phi) is 7.28. The van der Waals surface area contributed by atoms with Crippen molar-refractivity contribution in [2.45, 2.75) is 39.2 Å². The van der Waals surface area contributed by atoms with Gasteiger partial charge in [0, 0.05) is 0 Å². The maximum absolute atomic E-state index is 13.0. The molecular weight excluding hydrogens is 297 g/mol. The van der Waals surface area contributed by atoms with Crippen LogP contribution in [0.4, 0.5) is 4.39 Å². The van der Waals surface area contributed by atoms with Crippen LogP contribution in [0.25, 0.3) is 0 Å². The van der Waals surface area contributed by atoms with Gasteiger partial charge in [0.05, 0.1) is 10.6 Å². The Labute approximate surface area is 117 Å². The van der Waals surface area contributed by atoms with Gasteiger partial charge in [0.1, 0.15) is 11.6 Å². The van der Waals surface area contributed by atoms with Gasteiger partial charge < -0.3 is 10.1 Å². The molecule has 0 aliphatic heterocycles. The van der Waals surface area contributed by atoms with Crippen LogP contribution in [0.3, 0.4) is 0 Å². The number of halogens is 2. The first-order valence-electron chi connectivity index (χ1n) is 6.46. The van der Waals surface area contributed by atoms with Gasteiger partial charge in [-0.25, -0.2) is 4.39 Å². The number of ether oxygens (including phenoxy) is 1. The quantitative estimate of drug-likeness (QED) is 0.728. The first-order valence-corrected chi connectivity index (χ1v) is 7.25. The van der Waals surface area contributed by atoms with Crippen molar-refractivity contribution in [3.63, 3.8) is 0 Å². The molecule has 1 N–H and O–H groups in total. The summed E-state index contributed by atoms with van der Waals surface area (Å²) in [5.41, 5.74) is 0. The average Bonchev–Trinajstić information content (AvgIpc) is 2.34. The standard InChI is InChI=1S/C14H21BrFNO/c1-3-8-17-9-4-5-11(2)18-12-6-7-14(16)13(15)10-12/h6-7,10-11,17H,3-5,8-9H2,1-2H3. The highest BCUT2D eigenvalue weighted by molar-refractivity contribution is 9.10. The molecule has 1 rings (SSSR count). The summed E-state index contributed by atoms with van der Waals surface area (Å²) in [5, 5.41) is 3.36. The molecule has 1 aromatic carbocycles. The monoisotopic (exact) mass is 317 g/mol. The highest BCUT2D eigenvalue weighted by atomic mass is 79.9. The lowest BCUT2D eigenvalue weighted by atomic mass is 10.2. The second-order valence-electron chi connectivity index (χ2n) is 4.40. The van der Waals surface area contributed by atoms with Crippen molar-refractivity contribution in [1.82, 2.24) is 5.32 Å². The number of rotatable bonds is 8. The topological polar surface area (TPSA) is 21.3 Å². The van der Waals surface area contributed by atoms with E-state index in [0.717, 1.165) is 32.4 Å². The summed E-state index contributed by atoms with van der Waals surface area (Å²) in [4.78, 5) is 0. The first-order chi connectivity index (χ1) is 8.63. The Morgan fingerprint density at radius 3 is 2.83 bits per heavy atom. The molecule has 102 valence electrons. The molecule has 1 atom stereocenters. The maximum Gasteiger partial charge on any atom is 0.137 e. The molecule has 1 unspecified atom stereocenters. The van der Waals surface area contributed by atoms with E-state index < -0.39 is 0 Å². The second kappa shape index (κ2) is 8.48. The molecule has 0 spiro atoms. The van der Waals surface area contributed by atoms with Crippen molar-refractivity contribution in [3.05, 3.63) is 28.5 Å². The van der Waals surface area contributed by atoms with Crippen LogP contribution in [0.15, 0.2) is 22.7 Å². The van der Waals surface area contributed by atoms with Crippen molar-refractivity contribution in [2.75, 3.05) is 13.1 Å². The molecule has 0 aliphatic rings. The number of hydrogen-bond acceptors (Lipinski definition) is 2. The van der Waals surface area contributed by atoms with Gasteiger partial charge in [0.2, 0.25) is 0 Å². The maximum atomic E-state index is 13.0. The zero-order valence-electron chi connectivity index (χ0n) is 11.0.